The van der Waals surface area contributed by atoms with Gasteiger partial charge in [0.25, 0.3) is 0 Å². The molecule has 3 aromatic rings. The van der Waals surface area contributed by atoms with E-state index in [0.29, 0.717) is 35.5 Å². The monoisotopic (exact) mass is 612 g/mol. The largest absolute Gasteiger partial charge is 0.416 e. The average molecular weight is 613 g/mol. The fraction of sp³-hybridized carbons (Fsp3) is 0.423. The van der Waals surface area contributed by atoms with Gasteiger partial charge in [0.05, 0.1) is 35.3 Å². The van der Waals surface area contributed by atoms with E-state index in [1.807, 2.05) is 0 Å². The summed E-state index contributed by atoms with van der Waals surface area (Å²) in [5.41, 5.74) is 1.22. The molecule has 1 fully saturated rings. The van der Waals surface area contributed by atoms with Crippen molar-refractivity contribution in [2.75, 3.05) is 18.5 Å². The minimum Gasteiger partial charge on any atom is -0.393 e. The maximum absolute atomic E-state index is 13.6. The molecule has 0 bridgehead atoms. The standard InChI is InChI=1S/C26H27F3N4O6S2/c1-13-18(24-19-7-16(26(27,28)29)3-2-14(19)4-5-38-24)9-22(40-13)23(35)20-10-31-12-32-25(20)33-17-6-15(21(34)8-17)11-39-41(30,36)37/h2-3,7,9-10,12,15,17,21,24,34H,4-6,8,11H2,1H3,(H2,30,36,37)(H,31,32,33)/t15-,17-,21+,24?/m1/s1. The van der Waals surface area contributed by atoms with E-state index < -0.39 is 40.2 Å². The van der Waals surface area contributed by atoms with Crippen molar-refractivity contribution in [2.45, 2.75) is 50.6 Å². The first kappa shape index (κ1) is 29.5. The quantitative estimate of drug-likeness (QED) is 0.324. The second kappa shape index (κ2) is 11.4. The average Bonchev–Trinajstić information content (AvgIpc) is 3.47. The lowest BCUT2D eigenvalue weighted by molar-refractivity contribution is -0.137. The van der Waals surface area contributed by atoms with Gasteiger partial charge in [-0.05, 0) is 61.1 Å². The molecule has 15 heteroatoms. The van der Waals surface area contributed by atoms with Gasteiger partial charge in [0.15, 0.2) is 0 Å². The van der Waals surface area contributed by atoms with Crippen molar-refractivity contribution in [3.05, 3.63) is 74.4 Å². The minimum absolute atomic E-state index is 0.170. The van der Waals surface area contributed by atoms with Gasteiger partial charge in [-0.1, -0.05) is 6.07 Å². The van der Waals surface area contributed by atoms with Crippen molar-refractivity contribution in [3.8, 4) is 0 Å². The van der Waals surface area contributed by atoms with Gasteiger partial charge in [0.2, 0.25) is 5.78 Å². The third kappa shape index (κ3) is 6.60. The number of fused-ring (bicyclic) bond motifs is 1. The zero-order valence-electron chi connectivity index (χ0n) is 21.7. The normalized spacial score (nSPS) is 22.9. The van der Waals surface area contributed by atoms with Gasteiger partial charge in [-0.2, -0.15) is 21.6 Å². The number of aliphatic hydroxyl groups excluding tert-OH is 1. The van der Waals surface area contributed by atoms with Crippen molar-refractivity contribution in [2.24, 2.45) is 11.1 Å². The van der Waals surface area contributed by atoms with Crippen LogP contribution in [0.4, 0.5) is 19.0 Å². The summed E-state index contributed by atoms with van der Waals surface area (Å²) in [6, 6.07) is 4.96. The molecule has 10 nitrogen and oxygen atoms in total. The van der Waals surface area contributed by atoms with E-state index in [1.54, 1.807) is 13.0 Å². The first-order chi connectivity index (χ1) is 19.3. The Hall–Kier alpha value is -2.95. The number of halogens is 3. The molecule has 41 heavy (non-hydrogen) atoms. The predicted octanol–water partition coefficient (Wildman–Crippen LogP) is 3.53. The van der Waals surface area contributed by atoms with Crippen LogP contribution >= 0.6 is 11.3 Å². The van der Waals surface area contributed by atoms with Crippen LogP contribution in [0.25, 0.3) is 0 Å². The number of rotatable bonds is 8. The third-order valence-corrected chi connectivity index (χ3v) is 8.81. The minimum atomic E-state index is -4.50. The Labute approximate surface area is 238 Å². The molecule has 0 spiro atoms. The van der Waals surface area contributed by atoms with E-state index in [4.69, 9.17) is 9.88 Å². The molecular weight excluding hydrogens is 585 g/mol. The summed E-state index contributed by atoms with van der Waals surface area (Å²) in [5.74, 6) is -0.650. The Morgan fingerprint density at radius 1 is 1.27 bits per heavy atom. The SMILES string of the molecule is Cc1sc(C(=O)c2cncnc2N[C@@H]2C[C@H](COS(N)(=O)=O)[C@@H](O)C2)cc1C1OCCc2ccc(C(F)(F)F)cc21. The molecule has 2 aliphatic rings. The van der Waals surface area contributed by atoms with Crippen molar-refractivity contribution in [3.63, 3.8) is 0 Å². The number of carbonyl (C=O) groups excluding carboxylic acids is 1. The van der Waals surface area contributed by atoms with Crippen molar-refractivity contribution in [1.82, 2.24) is 9.97 Å². The van der Waals surface area contributed by atoms with Crippen molar-refractivity contribution in [1.29, 1.82) is 0 Å². The van der Waals surface area contributed by atoms with Crippen LogP contribution in [0, 0.1) is 12.8 Å². The summed E-state index contributed by atoms with van der Waals surface area (Å²) >= 11 is 1.20. The number of nitrogens with one attached hydrogen (secondary N) is 1. The number of nitrogens with two attached hydrogens (primary N) is 1. The number of carbonyl (C=O) groups is 1. The van der Waals surface area contributed by atoms with Crippen LogP contribution in [-0.4, -0.2) is 54.6 Å². The molecule has 1 unspecified atom stereocenters. The lowest BCUT2D eigenvalue weighted by Gasteiger charge is -2.27. The molecule has 1 aromatic carbocycles. The molecule has 0 radical (unpaired) electrons. The number of aryl methyl sites for hydroxylation is 1. The molecule has 4 atom stereocenters. The number of alkyl halides is 3. The number of benzene rings is 1. The van der Waals surface area contributed by atoms with Crippen LogP contribution in [0.2, 0.25) is 0 Å². The van der Waals surface area contributed by atoms with Crippen LogP contribution in [0.15, 0.2) is 36.8 Å². The summed E-state index contributed by atoms with van der Waals surface area (Å²) < 4.78 is 73.1. The van der Waals surface area contributed by atoms with E-state index in [2.05, 4.69) is 19.5 Å². The molecule has 220 valence electrons. The number of hydrogen-bond donors (Lipinski definition) is 3. The first-order valence-electron chi connectivity index (χ1n) is 12.7. The number of thiophene rings is 1. The highest BCUT2D eigenvalue weighted by atomic mass is 32.2. The lowest BCUT2D eigenvalue weighted by atomic mass is 9.91. The van der Waals surface area contributed by atoms with E-state index >= 15 is 0 Å². The molecule has 1 aliphatic heterocycles. The van der Waals surface area contributed by atoms with Gasteiger partial charge >= 0.3 is 16.5 Å². The molecule has 1 aliphatic carbocycles. The molecule has 5 rings (SSSR count). The van der Waals surface area contributed by atoms with Gasteiger partial charge in [0.1, 0.15) is 18.2 Å². The molecule has 2 aromatic heterocycles. The number of ketones is 1. The predicted molar refractivity (Wildman–Crippen MR) is 143 cm³/mol. The molecule has 1 saturated carbocycles. The Kier molecular flexibility index (Phi) is 8.20. The Bertz CT molecular complexity index is 1560. The first-order valence-corrected chi connectivity index (χ1v) is 15.0. The van der Waals surface area contributed by atoms with Gasteiger partial charge in [-0.25, -0.2) is 15.1 Å². The van der Waals surface area contributed by atoms with E-state index in [0.717, 1.165) is 22.6 Å². The van der Waals surface area contributed by atoms with Crippen LogP contribution in [0.1, 0.15) is 61.3 Å². The number of hydrogen-bond acceptors (Lipinski definition) is 10. The zero-order chi connectivity index (χ0) is 29.5. The highest BCUT2D eigenvalue weighted by Crippen LogP contribution is 2.41. The summed E-state index contributed by atoms with van der Waals surface area (Å²) in [6.45, 7) is 1.84. The summed E-state index contributed by atoms with van der Waals surface area (Å²) in [4.78, 5) is 22.9. The van der Waals surface area contributed by atoms with Crippen LogP contribution in [0.3, 0.4) is 0 Å². The Morgan fingerprint density at radius 3 is 2.78 bits per heavy atom. The number of aliphatic hydroxyl groups is 1. The maximum Gasteiger partial charge on any atom is 0.416 e. The molecule has 4 N–H and O–H groups in total. The topological polar surface area (TPSA) is 154 Å². The van der Waals surface area contributed by atoms with E-state index in [9.17, 15) is 31.5 Å². The maximum atomic E-state index is 13.6. The molecule has 0 amide bonds. The summed E-state index contributed by atoms with van der Waals surface area (Å²) in [6.07, 6.45) is -2.38. The smallest absolute Gasteiger partial charge is 0.393 e. The molecule has 3 heterocycles. The third-order valence-electron chi connectivity index (χ3n) is 7.28. The van der Waals surface area contributed by atoms with E-state index in [-0.39, 0.29) is 36.2 Å². The lowest BCUT2D eigenvalue weighted by Crippen LogP contribution is -2.24. The van der Waals surface area contributed by atoms with Crippen molar-refractivity contribution < 1.29 is 40.4 Å². The van der Waals surface area contributed by atoms with Gasteiger partial charge < -0.3 is 15.2 Å². The number of anilines is 1. The van der Waals surface area contributed by atoms with Gasteiger partial charge in [-0.3, -0.25) is 8.98 Å². The number of aromatic nitrogens is 2. The fourth-order valence-corrected chi connectivity index (χ4v) is 6.63. The summed E-state index contributed by atoms with van der Waals surface area (Å²) in [7, 11) is -4.15. The second-order valence-corrected chi connectivity index (χ2v) is 12.5. The van der Waals surface area contributed by atoms with E-state index in [1.165, 1.54) is 29.9 Å². The number of ether oxygens (including phenoxy) is 1. The molecular formula is C26H27F3N4O6S2. The Balaban J connectivity index is 1.37. The number of nitrogens with zero attached hydrogens (tertiary/aromatic N) is 2. The van der Waals surface area contributed by atoms with Gasteiger partial charge in [0, 0.05) is 23.0 Å². The van der Waals surface area contributed by atoms with Crippen LogP contribution in [0.5, 0.6) is 0 Å². The second-order valence-electron chi connectivity index (χ2n) is 10.1. The highest BCUT2D eigenvalue weighted by molar-refractivity contribution is 7.84. The molecule has 0 saturated heterocycles. The Morgan fingerprint density at radius 2 is 2.05 bits per heavy atom. The summed E-state index contributed by atoms with van der Waals surface area (Å²) in [5, 5.41) is 18.4. The highest BCUT2D eigenvalue weighted by Gasteiger charge is 2.36. The van der Waals surface area contributed by atoms with Crippen molar-refractivity contribution >= 4 is 33.2 Å². The zero-order valence-corrected chi connectivity index (χ0v) is 23.4. The van der Waals surface area contributed by atoms with Crippen LogP contribution < -0.4 is 10.5 Å². The van der Waals surface area contributed by atoms with Crippen LogP contribution in [-0.2, 0) is 31.8 Å². The van der Waals surface area contributed by atoms with Gasteiger partial charge in [-0.15, -0.1) is 11.3 Å². The fourth-order valence-electron chi connectivity index (χ4n) is 5.26.